The van der Waals surface area contributed by atoms with Crippen LogP contribution in [-0.2, 0) is 0 Å². The first-order valence-corrected chi connectivity index (χ1v) is 4.29. The topological polar surface area (TPSA) is 40.5 Å². The van der Waals surface area contributed by atoms with Gasteiger partial charge in [0.05, 0.1) is 0 Å². The van der Waals surface area contributed by atoms with E-state index in [9.17, 15) is 5.11 Å². The molecule has 0 bridgehead atoms. The van der Waals surface area contributed by atoms with Crippen LogP contribution in [0.4, 0.5) is 0 Å². The lowest BCUT2D eigenvalue weighted by Gasteiger charge is -2.19. The van der Waals surface area contributed by atoms with Crippen LogP contribution in [0.15, 0.2) is 24.3 Å². The van der Waals surface area contributed by atoms with Crippen LogP contribution in [0.2, 0.25) is 0 Å². The van der Waals surface area contributed by atoms with Crippen molar-refractivity contribution in [2.24, 2.45) is 0 Å². The Hall–Kier alpha value is -0.600. The molecule has 0 aliphatic rings. The van der Waals surface area contributed by atoms with Crippen LogP contribution < -0.4 is 0 Å². The maximum Gasteiger partial charge on any atom is 0.101 e. The van der Waals surface area contributed by atoms with Crippen LogP contribution in [0.25, 0.3) is 0 Å². The quantitative estimate of drug-likeness (QED) is 0.616. The molecule has 0 aliphatic carbocycles. The lowest BCUT2D eigenvalue weighted by atomic mass is 9.97. The fraction of sp³-hybridized carbons (Fsp3) is 0.600. The van der Waals surface area contributed by atoms with Gasteiger partial charge in [0.25, 0.3) is 0 Å². The Kier molecular flexibility index (Phi) is 5.68. The van der Waals surface area contributed by atoms with Gasteiger partial charge in [-0.15, -0.1) is 0 Å². The highest BCUT2D eigenvalue weighted by Crippen LogP contribution is 2.16. The summed E-state index contributed by atoms with van der Waals surface area (Å²) in [6.45, 7) is 3.86. The van der Waals surface area contributed by atoms with Gasteiger partial charge in [-0.3, -0.25) is 0 Å². The summed E-state index contributed by atoms with van der Waals surface area (Å²) in [4.78, 5) is 0. The highest BCUT2D eigenvalue weighted by molar-refractivity contribution is 5.12. The van der Waals surface area contributed by atoms with Gasteiger partial charge in [-0.25, -0.2) is 0 Å². The molecule has 0 atom stereocenters. The summed E-state index contributed by atoms with van der Waals surface area (Å²) in [7, 11) is 0. The SMILES string of the molecule is C/C=C/C(O)(/C=C/C)CCCO. The Morgan fingerprint density at radius 1 is 1.17 bits per heavy atom. The summed E-state index contributed by atoms with van der Waals surface area (Å²) >= 11 is 0. The van der Waals surface area contributed by atoms with Crippen molar-refractivity contribution in [2.45, 2.75) is 32.3 Å². The Balaban J connectivity index is 4.18. The van der Waals surface area contributed by atoms with Crippen molar-refractivity contribution in [2.75, 3.05) is 6.61 Å². The molecule has 0 amide bonds. The lowest BCUT2D eigenvalue weighted by Crippen LogP contribution is -2.22. The lowest BCUT2D eigenvalue weighted by molar-refractivity contribution is 0.120. The van der Waals surface area contributed by atoms with E-state index < -0.39 is 5.60 Å². The largest absolute Gasteiger partial charge is 0.396 e. The van der Waals surface area contributed by atoms with Crippen LogP contribution >= 0.6 is 0 Å². The van der Waals surface area contributed by atoms with E-state index in [0.717, 1.165) is 0 Å². The molecule has 0 aromatic rings. The smallest absolute Gasteiger partial charge is 0.101 e. The van der Waals surface area contributed by atoms with Crippen molar-refractivity contribution in [3.05, 3.63) is 24.3 Å². The van der Waals surface area contributed by atoms with Gasteiger partial charge < -0.3 is 10.2 Å². The highest BCUT2D eigenvalue weighted by atomic mass is 16.3. The summed E-state index contributed by atoms with van der Waals surface area (Å²) < 4.78 is 0. The van der Waals surface area contributed by atoms with Gasteiger partial charge in [0.1, 0.15) is 5.60 Å². The number of hydrogen-bond acceptors (Lipinski definition) is 2. The average Bonchev–Trinajstić information content (AvgIpc) is 2.02. The van der Waals surface area contributed by atoms with Crippen molar-refractivity contribution in [3.8, 4) is 0 Å². The third-order valence-electron chi connectivity index (χ3n) is 1.65. The van der Waals surface area contributed by atoms with E-state index in [0.29, 0.717) is 12.8 Å². The van der Waals surface area contributed by atoms with E-state index in [1.54, 1.807) is 12.2 Å². The van der Waals surface area contributed by atoms with Crippen LogP contribution in [0.3, 0.4) is 0 Å². The molecule has 0 aromatic heterocycles. The maximum atomic E-state index is 9.86. The standard InChI is InChI=1S/C10H18O2/c1-3-6-10(12,7-4-2)8-5-9-11/h3-4,6-7,11-12H,5,8-9H2,1-2H3/b6-3+,7-4+. The fourth-order valence-corrected chi connectivity index (χ4v) is 1.16. The monoisotopic (exact) mass is 170 g/mol. The number of aliphatic hydroxyl groups is 2. The van der Waals surface area contributed by atoms with Gasteiger partial charge in [-0.1, -0.05) is 24.3 Å². The molecule has 0 fully saturated rings. The summed E-state index contributed by atoms with van der Waals surface area (Å²) in [6.07, 6.45) is 8.30. The molecule has 2 nitrogen and oxygen atoms in total. The first-order valence-electron chi connectivity index (χ1n) is 4.29. The minimum Gasteiger partial charge on any atom is -0.396 e. The molecule has 12 heavy (non-hydrogen) atoms. The second-order valence-corrected chi connectivity index (χ2v) is 2.82. The van der Waals surface area contributed by atoms with Crippen molar-refractivity contribution in [3.63, 3.8) is 0 Å². The molecule has 2 N–H and O–H groups in total. The molecule has 70 valence electrons. The normalized spacial score (nSPS) is 13.3. The zero-order valence-electron chi connectivity index (χ0n) is 7.83. The van der Waals surface area contributed by atoms with E-state index in [4.69, 9.17) is 5.11 Å². The Labute approximate surface area is 74.2 Å². The number of aliphatic hydroxyl groups excluding tert-OH is 1. The van der Waals surface area contributed by atoms with Crippen molar-refractivity contribution >= 4 is 0 Å². The Morgan fingerprint density at radius 2 is 1.67 bits per heavy atom. The van der Waals surface area contributed by atoms with E-state index in [-0.39, 0.29) is 6.61 Å². The predicted octanol–water partition coefficient (Wildman–Crippen LogP) is 1.64. The molecule has 0 aliphatic heterocycles. The van der Waals surface area contributed by atoms with Gasteiger partial charge in [-0.2, -0.15) is 0 Å². The van der Waals surface area contributed by atoms with E-state index in [1.807, 2.05) is 26.0 Å². The molecule has 0 spiro atoms. The third-order valence-corrected chi connectivity index (χ3v) is 1.65. The summed E-state index contributed by atoms with van der Waals surface area (Å²) in [5.41, 5.74) is -0.869. The minimum absolute atomic E-state index is 0.122. The number of allylic oxidation sites excluding steroid dienone is 2. The average molecular weight is 170 g/mol. The molecule has 0 radical (unpaired) electrons. The van der Waals surface area contributed by atoms with Crippen LogP contribution in [0.1, 0.15) is 26.7 Å². The number of hydrogen-bond donors (Lipinski definition) is 2. The molecular formula is C10H18O2. The molecule has 0 aromatic carbocycles. The number of rotatable bonds is 5. The van der Waals surface area contributed by atoms with E-state index in [2.05, 4.69) is 0 Å². The van der Waals surface area contributed by atoms with Gasteiger partial charge in [0.15, 0.2) is 0 Å². The molecule has 0 saturated heterocycles. The summed E-state index contributed by atoms with van der Waals surface area (Å²) in [5, 5.41) is 18.5. The predicted molar refractivity (Wildman–Crippen MR) is 50.9 cm³/mol. The summed E-state index contributed by atoms with van der Waals surface area (Å²) in [5.74, 6) is 0. The first kappa shape index (κ1) is 11.4. The Morgan fingerprint density at radius 3 is 2.00 bits per heavy atom. The maximum absolute atomic E-state index is 9.86. The first-order chi connectivity index (χ1) is 5.68. The second-order valence-electron chi connectivity index (χ2n) is 2.82. The molecule has 0 rings (SSSR count). The van der Waals surface area contributed by atoms with Crippen molar-refractivity contribution in [1.29, 1.82) is 0 Å². The van der Waals surface area contributed by atoms with Gasteiger partial charge >= 0.3 is 0 Å². The zero-order chi connectivity index (χ0) is 9.45. The van der Waals surface area contributed by atoms with Gasteiger partial charge in [0.2, 0.25) is 0 Å². The Bertz CT molecular complexity index is 147. The second kappa shape index (κ2) is 5.98. The molecule has 2 heteroatoms. The van der Waals surface area contributed by atoms with Crippen LogP contribution in [0, 0.1) is 0 Å². The van der Waals surface area contributed by atoms with Crippen molar-refractivity contribution < 1.29 is 10.2 Å². The van der Waals surface area contributed by atoms with Crippen molar-refractivity contribution in [1.82, 2.24) is 0 Å². The molecule has 0 heterocycles. The van der Waals surface area contributed by atoms with Gasteiger partial charge in [0, 0.05) is 6.61 Å². The molecular weight excluding hydrogens is 152 g/mol. The minimum atomic E-state index is -0.869. The van der Waals surface area contributed by atoms with Gasteiger partial charge in [-0.05, 0) is 26.7 Å². The summed E-state index contributed by atoms with van der Waals surface area (Å²) in [6, 6.07) is 0. The molecule has 0 unspecified atom stereocenters. The zero-order valence-corrected chi connectivity index (χ0v) is 7.83. The fourth-order valence-electron chi connectivity index (χ4n) is 1.16. The van der Waals surface area contributed by atoms with Crippen LogP contribution in [0.5, 0.6) is 0 Å². The third kappa shape index (κ3) is 4.31. The van der Waals surface area contributed by atoms with E-state index >= 15 is 0 Å². The van der Waals surface area contributed by atoms with Crippen LogP contribution in [-0.4, -0.2) is 22.4 Å². The molecule has 0 saturated carbocycles. The van der Waals surface area contributed by atoms with E-state index in [1.165, 1.54) is 0 Å². The highest BCUT2D eigenvalue weighted by Gasteiger charge is 2.17.